The molecule has 1 heterocycles. The number of rotatable bonds is 4. The van der Waals surface area contributed by atoms with E-state index in [4.69, 9.17) is 16.3 Å². The molecule has 0 radical (unpaired) electrons. The number of hydrogen-bond donors (Lipinski definition) is 1. The first-order valence-corrected chi connectivity index (χ1v) is 8.62. The third-order valence-corrected chi connectivity index (χ3v) is 4.55. The van der Waals surface area contributed by atoms with Gasteiger partial charge in [0.05, 0.1) is 18.3 Å². The molecule has 126 valence electrons. The van der Waals surface area contributed by atoms with Gasteiger partial charge in [-0.05, 0) is 43.5 Å². The zero-order valence-electron chi connectivity index (χ0n) is 13.7. The van der Waals surface area contributed by atoms with Gasteiger partial charge in [0.15, 0.2) is 0 Å². The molecule has 0 bridgehead atoms. The molecule has 5 heteroatoms. The molecule has 1 atom stereocenters. The van der Waals surface area contributed by atoms with Gasteiger partial charge in [-0.25, -0.2) is 4.79 Å². The second kappa shape index (κ2) is 7.58. The number of carbonyl (C=O) groups is 1. The molecule has 2 aromatic carbocycles. The minimum atomic E-state index is -0.121. The van der Waals surface area contributed by atoms with Crippen LogP contribution >= 0.6 is 11.6 Å². The summed E-state index contributed by atoms with van der Waals surface area (Å²) in [6.07, 6.45) is 1.89. The number of halogens is 1. The molecular weight excluding hydrogens is 324 g/mol. The SMILES string of the molecule is CCOc1ccccc1NC(=O)N1CCC[C@@H]1c1ccccc1Cl. The first-order valence-electron chi connectivity index (χ1n) is 8.24. The maximum absolute atomic E-state index is 12.8. The molecule has 0 saturated carbocycles. The van der Waals surface area contributed by atoms with Crippen molar-refractivity contribution in [2.24, 2.45) is 0 Å². The van der Waals surface area contributed by atoms with Crippen LogP contribution in [0.15, 0.2) is 48.5 Å². The van der Waals surface area contributed by atoms with Crippen LogP contribution in [-0.2, 0) is 0 Å². The lowest BCUT2D eigenvalue weighted by Gasteiger charge is -2.26. The van der Waals surface area contributed by atoms with Gasteiger partial charge >= 0.3 is 6.03 Å². The summed E-state index contributed by atoms with van der Waals surface area (Å²) in [5, 5.41) is 3.68. The summed E-state index contributed by atoms with van der Waals surface area (Å²) in [4.78, 5) is 14.6. The van der Waals surface area contributed by atoms with E-state index in [1.54, 1.807) is 0 Å². The number of para-hydroxylation sites is 2. The third kappa shape index (κ3) is 3.49. The molecule has 0 spiro atoms. The van der Waals surface area contributed by atoms with Gasteiger partial charge in [0.1, 0.15) is 5.75 Å². The van der Waals surface area contributed by atoms with Crippen LogP contribution in [0, 0.1) is 0 Å². The average Bonchev–Trinajstić information content (AvgIpc) is 3.07. The van der Waals surface area contributed by atoms with E-state index in [0.29, 0.717) is 23.1 Å². The Labute approximate surface area is 147 Å². The van der Waals surface area contributed by atoms with E-state index < -0.39 is 0 Å². The Balaban J connectivity index is 1.78. The maximum atomic E-state index is 12.8. The normalized spacial score (nSPS) is 16.9. The van der Waals surface area contributed by atoms with Gasteiger partial charge in [0, 0.05) is 11.6 Å². The molecule has 2 amide bonds. The Morgan fingerprint density at radius 1 is 1.25 bits per heavy atom. The monoisotopic (exact) mass is 344 g/mol. The highest BCUT2D eigenvalue weighted by Gasteiger charge is 2.31. The molecule has 0 unspecified atom stereocenters. The zero-order chi connectivity index (χ0) is 16.9. The topological polar surface area (TPSA) is 41.6 Å². The highest BCUT2D eigenvalue weighted by molar-refractivity contribution is 6.31. The van der Waals surface area contributed by atoms with Crippen molar-refractivity contribution in [2.75, 3.05) is 18.5 Å². The summed E-state index contributed by atoms with van der Waals surface area (Å²) >= 11 is 6.32. The van der Waals surface area contributed by atoms with Gasteiger partial charge in [0.2, 0.25) is 0 Å². The predicted molar refractivity (Wildman–Crippen MR) is 96.8 cm³/mol. The van der Waals surface area contributed by atoms with Crippen molar-refractivity contribution in [1.29, 1.82) is 0 Å². The molecule has 4 nitrogen and oxygen atoms in total. The summed E-state index contributed by atoms with van der Waals surface area (Å²) in [6, 6.07) is 15.1. The molecule has 2 aromatic rings. The van der Waals surface area contributed by atoms with Gasteiger partial charge in [-0.15, -0.1) is 0 Å². The Morgan fingerprint density at radius 3 is 2.79 bits per heavy atom. The van der Waals surface area contributed by atoms with Crippen LogP contribution in [0.3, 0.4) is 0 Å². The number of benzene rings is 2. The van der Waals surface area contributed by atoms with Crippen molar-refractivity contribution in [2.45, 2.75) is 25.8 Å². The van der Waals surface area contributed by atoms with Gasteiger partial charge in [-0.2, -0.15) is 0 Å². The fourth-order valence-electron chi connectivity index (χ4n) is 3.12. The van der Waals surface area contributed by atoms with Crippen LogP contribution in [0.2, 0.25) is 5.02 Å². The number of anilines is 1. The van der Waals surface area contributed by atoms with Crippen LogP contribution in [0.1, 0.15) is 31.4 Å². The number of carbonyl (C=O) groups excluding carboxylic acids is 1. The standard InChI is InChI=1S/C19H21ClN2O2/c1-2-24-18-12-6-5-10-16(18)21-19(23)22-13-7-11-17(22)14-8-3-4-9-15(14)20/h3-6,8-10,12,17H,2,7,11,13H2,1H3,(H,21,23)/t17-/m1/s1. The predicted octanol–water partition coefficient (Wildman–Crippen LogP) is 5.11. The van der Waals surface area contributed by atoms with Crippen LogP contribution in [-0.4, -0.2) is 24.1 Å². The number of nitrogens with zero attached hydrogens (tertiary/aromatic N) is 1. The summed E-state index contributed by atoms with van der Waals surface area (Å²) in [5.74, 6) is 0.682. The van der Waals surface area contributed by atoms with E-state index in [9.17, 15) is 4.79 Å². The van der Waals surface area contributed by atoms with E-state index in [0.717, 1.165) is 24.9 Å². The first kappa shape index (κ1) is 16.7. The first-order chi connectivity index (χ1) is 11.7. The molecule has 1 fully saturated rings. The van der Waals surface area contributed by atoms with Crippen molar-refractivity contribution < 1.29 is 9.53 Å². The molecule has 24 heavy (non-hydrogen) atoms. The summed E-state index contributed by atoms with van der Waals surface area (Å²) in [6.45, 7) is 3.20. The van der Waals surface area contributed by atoms with Crippen molar-refractivity contribution >= 4 is 23.3 Å². The van der Waals surface area contributed by atoms with Crippen molar-refractivity contribution in [3.8, 4) is 5.75 Å². The van der Waals surface area contributed by atoms with Crippen LogP contribution in [0.25, 0.3) is 0 Å². The second-order valence-corrected chi connectivity index (χ2v) is 6.14. The summed E-state index contributed by atoms with van der Waals surface area (Å²) in [5.41, 5.74) is 1.69. The lowest BCUT2D eigenvalue weighted by Crippen LogP contribution is -2.34. The summed E-state index contributed by atoms with van der Waals surface area (Å²) < 4.78 is 5.58. The maximum Gasteiger partial charge on any atom is 0.322 e. The number of amides is 2. The number of urea groups is 1. The second-order valence-electron chi connectivity index (χ2n) is 5.73. The fourth-order valence-corrected chi connectivity index (χ4v) is 3.38. The molecule has 1 N–H and O–H groups in total. The van der Waals surface area contributed by atoms with Crippen molar-refractivity contribution in [3.63, 3.8) is 0 Å². The molecule has 1 saturated heterocycles. The zero-order valence-corrected chi connectivity index (χ0v) is 14.4. The molecule has 1 aliphatic rings. The fraction of sp³-hybridized carbons (Fsp3) is 0.316. The van der Waals surface area contributed by atoms with E-state index in [-0.39, 0.29) is 12.1 Å². The van der Waals surface area contributed by atoms with Crippen molar-refractivity contribution in [1.82, 2.24) is 4.90 Å². The van der Waals surface area contributed by atoms with Crippen LogP contribution in [0.4, 0.5) is 10.5 Å². The minimum Gasteiger partial charge on any atom is -0.492 e. The van der Waals surface area contributed by atoms with E-state index in [1.807, 2.05) is 60.4 Å². The van der Waals surface area contributed by atoms with Gasteiger partial charge < -0.3 is 15.0 Å². The molecular formula is C19H21ClN2O2. The molecule has 1 aliphatic heterocycles. The molecule has 3 rings (SSSR count). The highest BCUT2D eigenvalue weighted by atomic mass is 35.5. The number of likely N-dealkylation sites (tertiary alicyclic amines) is 1. The Hall–Kier alpha value is -2.20. The Bertz CT molecular complexity index is 720. The largest absolute Gasteiger partial charge is 0.492 e. The highest BCUT2D eigenvalue weighted by Crippen LogP contribution is 2.36. The lowest BCUT2D eigenvalue weighted by molar-refractivity contribution is 0.207. The smallest absolute Gasteiger partial charge is 0.322 e. The van der Waals surface area contributed by atoms with Crippen LogP contribution < -0.4 is 10.1 Å². The van der Waals surface area contributed by atoms with Gasteiger partial charge in [-0.1, -0.05) is 41.9 Å². The Morgan fingerprint density at radius 2 is 2.00 bits per heavy atom. The van der Waals surface area contributed by atoms with E-state index in [1.165, 1.54) is 0 Å². The number of ether oxygens (including phenoxy) is 1. The summed E-state index contributed by atoms with van der Waals surface area (Å²) in [7, 11) is 0. The third-order valence-electron chi connectivity index (χ3n) is 4.21. The van der Waals surface area contributed by atoms with Gasteiger partial charge in [-0.3, -0.25) is 0 Å². The van der Waals surface area contributed by atoms with E-state index in [2.05, 4.69) is 5.32 Å². The number of nitrogens with one attached hydrogen (secondary N) is 1. The quantitative estimate of drug-likeness (QED) is 0.837. The number of hydrogen-bond acceptors (Lipinski definition) is 2. The molecule has 0 aliphatic carbocycles. The average molecular weight is 345 g/mol. The lowest BCUT2D eigenvalue weighted by atomic mass is 10.0. The van der Waals surface area contributed by atoms with Crippen molar-refractivity contribution in [3.05, 3.63) is 59.1 Å². The minimum absolute atomic E-state index is 0.0120. The van der Waals surface area contributed by atoms with Crippen LogP contribution in [0.5, 0.6) is 5.75 Å². The molecule has 0 aromatic heterocycles. The Kier molecular flexibility index (Phi) is 5.26. The van der Waals surface area contributed by atoms with Gasteiger partial charge in [0.25, 0.3) is 0 Å². The van der Waals surface area contributed by atoms with E-state index >= 15 is 0 Å².